The minimum Gasteiger partial charge on any atom is -0.493 e. The van der Waals surface area contributed by atoms with Crippen molar-refractivity contribution in [2.24, 2.45) is 5.92 Å². The quantitative estimate of drug-likeness (QED) is 0.919. The largest absolute Gasteiger partial charge is 0.493 e. The van der Waals surface area contributed by atoms with Crippen molar-refractivity contribution in [3.63, 3.8) is 0 Å². The highest BCUT2D eigenvalue weighted by molar-refractivity contribution is 5.73. The van der Waals surface area contributed by atoms with E-state index in [0.717, 1.165) is 51.6 Å². The van der Waals surface area contributed by atoms with Gasteiger partial charge in [0, 0.05) is 51.3 Å². The molecule has 0 spiro atoms. The third-order valence-electron chi connectivity index (χ3n) is 4.81. The number of nitrogens with one attached hydrogen (secondary N) is 1. The van der Waals surface area contributed by atoms with Gasteiger partial charge in [0.25, 0.3) is 0 Å². The van der Waals surface area contributed by atoms with Gasteiger partial charge in [0.15, 0.2) is 0 Å². The van der Waals surface area contributed by atoms with Crippen molar-refractivity contribution in [2.75, 3.05) is 50.8 Å². The van der Waals surface area contributed by atoms with Crippen LogP contribution in [0, 0.1) is 5.92 Å². The Bertz CT molecular complexity index is 504. The second-order valence-corrected chi connectivity index (χ2v) is 6.51. The molecule has 5 nitrogen and oxygen atoms in total. The van der Waals surface area contributed by atoms with Gasteiger partial charge in [-0.05, 0) is 43.7 Å². The second kappa shape index (κ2) is 7.68. The van der Waals surface area contributed by atoms with Crippen molar-refractivity contribution in [1.29, 1.82) is 0 Å². The number of carbonyl (C=O) groups excluding carboxylic acids is 1. The van der Waals surface area contributed by atoms with Gasteiger partial charge in [-0.2, -0.15) is 0 Å². The molecule has 1 aromatic carbocycles. The van der Waals surface area contributed by atoms with Crippen LogP contribution >= 0.6 is 0 Å². The monoisotopic (exact) mass is 317 g/mol. The maximum absolute atomic E-state index is 11.4. The van der Waals surface area contributed by atoms with Gasteiger partial charge in [-0.15, -0.1) is 0 Å². The molecule has 5 heteroatoms. The molecule has 126 valence electrons. The lowest BCUT2D eigenvalue weighted by atomic mass is 10.0. The highest BCUT2D eigenvalue weighted by Crippen LogP contribution is 2.22. The van der Waals surface area contributed by atoms with Gasteiger partial charge in [-0.3, -0.25) is 4.79 Å². The molecule has 0 aliphatic carbocycles. The van der Waals surface area contributed by atoms with Crippen molar-refractivity contribution in [1.82, 2.24) is 10.2 Å². The minimum atomic E-state index is 0.172. The van der Waals surface area contributed by atoms with Crippen LogP contribution in [0.3, 0.4) is 0 Å². The molecule has 23 heavy (non-hydrogen) atoms. The predicted octanol–water partition coefficient (Wildman–Crippen LogP) is 1.73. The molecule has 2 saturated heterocycles. The SMILES string of the molecule is CC(=O)N1CCN(c2ccc(OC[C@H]3CCCNC3)cc2)CC1. The summed E-state index contributed by atoms with van der Waals surface area (Å²) in [5.74, 6) is 1.75. The van der Waals surface area contributed by atoms with E-state index in [0.29, 0.717) is 5.92 Å². The molecule has 2 heterocycles. The van der Waals surface area contributed by atoms with Crippen LogP contribution in [-0.2, 0) is 4.79 Å². The van der Waals surface area contributed by atoms with Crippen LogP contribution in [0.25, 0.3) is 0 Å². The smallest absolute Gasteiger partial charge is 0.219 e. The summed E-state index contributed by atoms with van der Waals surface area (Å²) in [7, 11) is 0. The van der Waals surface area contributed by atoms with E-state index in [1.54, 1.807) is 6.92 Å². The van der Waals surface area contributed by atoms with Crippen molar-refractivity contribution in [2.45, 2.75) is 19.8 Å². The topological polar surface area (TPSA) is 44.8 Å². The normalized spacial score (nSPS) is 22.0. The molecular weight excluding hydrogens is 290 g/mol. The maximum atomic E-state index is 11.4. The Kier molecular flexibility index (Phi) is 5.39. The summed E-state index contributed by atoms with van der Waals surface area (Å²) < 4.78 is 5.92. The van der Waals surface area contributed by atoms with E-state index < -0.39 is 0 Å². The average molecular weight is 317 g/mol. The molecule has 0 bridgehead atoms. The fourth-order valence-corrected chi connectivity index (χ4v) is 3.31. The van der Waals surface area contributed by atoms with Crippen LogP contribution in [0.15, 0.2) is 24.3 Å². The van der Waals surface area contributed by atoms with Gasteiger partial charge in [0.1, 0.15) is 5.75 Å². The Balaban J connectivity index is 1.48. The number of ether oxygens (including phenoxy) is 1. The van der Waals surface area contributed by atoms with Crippen molar-refractivity contribution < 1.29 is 9.53 Å². The number of benzene rings is 1. The summed E-state index contributed by atoms with van der Waals surface area (Å²) >= 11 is 0. The molecular formula is C18H27N3O2. The zero-order valence-electron chi connectivity index (χ0n) is 14.0. The first-order chi connectivity index (χ1) is 11.2. The fraction of sp³-hybridized carbons (Fsp3) is 0.611. The molecule has 2 aliphatic heterocycles. The second-order valence-electron chi connectivity index (χ2n) is 6.51. The minimum absolute atomic E-state index is 0.172. The van der Waals surface area contributed by atoms with E-state index >= 15 is 0 Å². The third kappa shape index (κ3) is 4.38. The van der Waals surface area contributed by atoms with E-state index in [2.05, 4.69) is 34.5 Å². The summed E-state index contributed by atoms with van der Waals surface area (Å²) in [6.45, 7) is 8.06. The number of rotatable bonds is 4. The van der Waals surface area contributed by atoms with Crippen LogP contribution in [0.2, 0.25) is 0 Å². The Hall–Kier alpha value is -1.75. The Labute approximate surface area is 138 Å². The van der Waals surface area contributed by atoms with Gasteiger partial charge in [0.05, 0.1) is 6.61 Å². The molecule has 1 amide bonds. The van der Waals surface area contributed by atoms with Gasteiger partial charge < -0.3 is 19.9 Å². The van der Waals surface area contributed by atoms with Crippen molar-refractivity contribution >= 4 is 11.6 Å². The summed E-state index contributed by atoms with van der Waals surface area (Å²) in [5.41, 5.74) is 1.21. The highest BCUT2D eigenvalue weighted by atomic mass is 16.5. The number of anilines is 1. The fourth-order valence-electron chi connectivity index (χ4n) is 3.31. The number of amides is 1. The lowest BCUT2D eigenvalue weighted by molar-refractivity contribution is -0.129. The van der Waals surface area contributed by atoms with Crippen LogP contribution in [0.4, 0.5) is 5.69 Å². The first kappa shape index (κ1) is 16.1. The number of piperazine rings is 1. The Morgan fingerprint density at radius 2 is 1.96 bits per heavy atom. The lowest BCUT2D eigenvalue weighted by Gasteiger charge is -2.35. The van der Waals surface area contributed by atoms with Gasteiger partial charge in [-0.25, -0.2) is 0 Å². The first-order valence-electron chi connectivity index (χ1n) is 8.66. The summed E-state index contributed by atoms with van der Waals surface area (Å²) in [6, 6.07) is 8.36. The molecule has 1 atom stereocenters. The number of carbonyl (C=O) groups is 1. The van der Waals surface area contributed by atoms with Crippen molar-refractivity contribution in [3.8, 4) is 5.75 Å². The maximum Gasteiger partial charge on any atom is 0.219 e. The number of piperidine rings is 1. The zero-order chi connectivity index (χ0) is 16.1. The summed E-state index contributed by atoms with van der Waals surface area (Å²) in [5, 5.41) is 3.42. The Morgan fingerprint density at radius 3 is 2.57 bits per heavy atom. The van der Waals surface area contributed by atoms with Crippen molar-refractivity contribution in [3.05, 3.63) is 24.3 Å². The predicted molar refractivity (Wildman–Crippen MR) is 92.0 cm³/mol. The molecule has 2 fully saturated rings. The van der Waals surface area contributed by atoms with E-state index in [1.807, 2.05) is 4.90 Å². The van der Waals surface area contributed by atoms with Crippen LogP contribution in [0.1, 0.15) is 19.8 Å². The first-order valence-corrected chi connectivity index (χ1v) is 8.66. The highest BCUT2D eigenvalue weighted by Gasteiger charge is 2.19. The number of nitrogens with zero attached hydrogens (tertiary/aromatic N) is 2. The standard InChI is InChI=1S/C18H27N3O2/c1-15(22)20-9-11-21(12-10-20)17-4-6-18(7-5-17)23-14-16-3-2-8-19-13-16/h4-7,16,19H,2-3,8-14H2,1H3/t16-/m0/s1. The lowest BCUT2D eigenvalue weighted by Crippen LogP contribution is -2.48. The molecule has 0 aromatic heterocycles. The van der Waals surface area contributed by atoms with Gasteiger partial charge in [0.2, 0.25) is 5.91 Å². The van der Waals surface area contributed by atoms with Crippen LogP contribution in [-0.4, -0.2) is 56.7 Å². The Morgan fingerprint density at radius 1 is 1.22 bits per heavy atom. The van der Waals surface area contributed by atoms with Gasteiger partial charge >= 0.3 is 0 Å². The van der Waals surface area contributed by atoms with E-state index in [-0.39, 0.29) is 5.91 Å². The molecule has 2 aliphatic rings. The van der Waals surface area contributed by atoms with E-state index in [4.69, 9.17) is 4.74 Å². The number of hydrogen-bond acceptors (Lipinski definition) is 4. The van der Waals surface area contributed by atoms with E-state index in [1.165, 1.54) is 18.5 Å². The van der Waals surface area contributed by atoms with Gasteiger partial charge in [-0.1, -0.05) is 0 Å². The molecule has 1 aromatic rings. The summed E-state index contributed by atoms with van der Waals surface area (Å²) in [4.78, 5) is 15.6. The van der Waals surface area contributed by atoms with E-state index in [9.17, 15) is 4.79 Å². The number of hydrogen-bond donors (Lipinski definition) is 1. The average Bonchev–Trinajstić information content (AvgIpc) is 2.61. The third-order valence-corrected chi connectivity index (χ3v) is 4.81. The molecule has 1 N–H and O–H groups in total. The van der Waals surface area contributed by atoms with Crippen LogP contribution < -0.4 is 15.0 Å². The zero-order valence-corrected chi connectivity index (χ0v) is 14.0. The molecule has 0 unspecified atom stereocenters. The summed E-state index contributed by atoms with van der Waals surface area (Å²) in [6.07, 6.45) is 2.50. The molecule has 3 rings (SSSR count). The molecule has 0 saturated carbocycles. The molecule has 0 radical (unpaired) electrons. The van der Waals surface area contributed by atoms with Crippen LogP contribution in [0.5, 0.6) is 5.75 Å².